The number of rotatable bonds is 6. The number of phenolic OH excluding ortho intramolecular Hbond substituents is 1. The Morgan fingerprint density at radius 1 is 1.19 bits per heavy atom. The van der Waals surface area contributed by atoms with Crippen LogP contribution in [0.4, 0.5) is 0 Å². The Morgan fingerprint density at radius 2 is 2.06 bits per heavy atom. The monoisotopic (exact) mass is 424 g/mol. The molecule has 0 aliphatic heterocycles. The lowest BCUT2D eigenvalue weighted by molar-refractivity contribution is 0.0955. The van der Waals surface area contributed by atoms with E-state index < -0.39 is 5.91 Å². The van der Waals surface area contributed by atoms with Gasteiger partial charge in [-0.15, -0.1) is 0 Å². The zero-order valence-corrected chi connectivity index (χ0v) is 17.3. The van der Waals surface area contributed by atoms with E-state index in [1.807, 2.05) is 54.7 Å². The van der Waals surface area contributed by atoms with E-state index in [0.717, 1.165) is 34.3 Å². The van der Waals surface area contributed by atoms with Crippen molar-refractivity contribution in [3.63, 3.8) is 0 Å². The maximum atomic E-state index is 12.2. The number of ether oxygens (including phenoxy) is 1. The number of carbonyl (C=O) groups is 1. The molecule has 0 atom stereocenters. The van der Waals surface area contributed by atoms with Gasteiger partial charge >= 0.3 is 0 Å². The van der Waals surface area contributed by atoms with E-state index in [1.54, 1.807) is 13.3 Å². The van der Waals surface area contributed by atoms with Gasteiger partial charge in [0.05, 0.1) is 18.9 Å². The maximum Gasteiger partial charge on any atom is 0.271 e. The van der Waals surface area contributed by atoms with Crippen molar-refractivity contribution >= 4 is 23.0 Å². The summed E-state index contributed by atoms with van der Waals surface area (Å²) in [4.78, 5) is 12.2. The predicted octanol–water partition coefficient (Wildman–Crippen LogP) is 4.04. The molecule has 0 saturated heterocycles. The molecule has 0 fully saturated rings. The summed E-state index contributed by atoms with van der Waals surface area (Å²) in [6, 6.07) is 21.8. The standard InChI is InChI=1S/C25H20N4O3/c1-32-22-4-2-3-18(12-22)16-29-10-9-19-11-17(5-7-23(19)29)15-27-28-25(31)20-6-8-24(30)21(13-20)14-26/h2-13,15,30H,16H2,1H3,(H,28,31)/b27-15+. The van der Waals surface area contributed by atoms with Crippen LogP contribution in [0.25, 0.3) is 10.9 Å². The molecular weight excluding hydrogens is 404 g/mol. The van der Waals surface area contributed by atoms with Crippen LogP contribution in [0.2, 0.25) is 0 Å². The average Bonchev–Trinajstić information content (AvgIpc) is 3.21. The SMILES string of the molecule is COc1cccc(Cn2ccc3cc(/C=N/NC(=O)c4ccc(O)c(C#N)c4)ccc32)c1. The molecule has 3 aromatic carbocycles. The highest BCUT2D eigenvalue weighted by Gasteiger charge is 2.08. The van der Waals surface area contributed by atoms with E-state index in [1.165, 1.54) is 18.2 Å². The third kappa shape index (κ3) is 4.45. The Morgan fingerprint density at radius 3 is 2.88 bits per heavy atom. The molecule has 0 unspecified atom stereocenters. The molecule has 32 heavy (non-hydrogen) atoms. The number of nitrogens with zero attached hydrogens (tertiary/aromatic N) is 3. The van der Waals surface area contributed by atoms with Crippen molar-refractivity contribution in [3.05, 3.63) is 95.2 Å². The molecule has 2 N–H and O–H groups in total. The summed E-state index contributed by atoms with van der Waals surface area (Å²) in [7, 11) is 1.66. The predicted molar refractivity (Wildman–Crippen MR) is 122 cm³/mol. The number of aromatic hydroxyl groups is 1. The number of hydrazone groups is 1. The van der Waals surface area contributed by atoms with Crippen molar-refractivity contribution in [2.45, 2.75) is 6.54 Å². The van der Waals surface area contributed by atoms with Crippen LogP contribution in [0.1, 0.15) is 27.0 Å². The van der Waals surface area contributed by atoms with Gasteiger partial charge in [0.15, 0.2) is 0 Å². The third-order valence-electron chi connectivity index (χ3n) is 5.04. The van der Waals surface area contributed by atoms with Crippen molar-refractivity contribution < 1.29 is 14.6 Å². The van der Waals surface area contributed by atoms with Crippen LogP contribution in [-0.4, -0.2) is 28.9 Å². The van der Waals surface area contributed by atoms with Crippen LogP contribution in [-0.2, 0) is 6.54 Å². The lowest BCUT2D eigenvalue weighted by Gasteiger charge is -2.08. The second kappa shape index (κ2) is 9.06. The Labute approximate surface area is 184 Å². The van der Waals surface area contributed by atoms with Crippen molar-refractivity contribution in [2.24, 2.45) is 5.10 Å². The fraction of sp³-hybridized carbons (Fsp3) is 0.0800. The topological polar surface area (TPSA) is 99.6 Å². The normalized spacial score (nSPS) is 10.9. The van der Waals surface area contributed by atoms with Gasteiger partial charge in [0.1, 0.15) is 17.6 Å². The molecule has 0 bridgehead atoms. The minimum Gasteiger partial charge on any atom is -0.507 e. The van der Waals surface area contributed by atoms with Gasteiger partial charge in [-0.05, 0) is 59.7 Å². The highest BCUT2D eigenvalue weighted by Crippen LogP contribution is 2.20. The van der Waals surface area contributed by atoms with E-state index in [4.69, 9.17) is 10.00 Å². The number of nitrogens with one attached hydrogen (secondary N) is 1. The fourth-order valence-electron chi connectivity index (χ4n) is 3.40. The maximum absolute atomic E-state index is 12.2. The van der Waals surface area contributed by atoms with E-state index in [0.29, 0.717) is 0 Å². The number of aromatic nitrogens is 1. The summed E-state index contributed by atoms with van der Waals surface area (Å²) in [5.74, 6) is 0.193. The minimum absolute atomic E-state index is 0.0329. The van der Waals surface area contributed by atoms with E-state index in [2.05, 4.69) is 21.2 Å². The zero-order chi connectivity index (χ0) is 22.5. The summed E-state index contributed by atoms with van der Waals surface area (Å²) < 4.78 is 7.45. The van der Waals surface area contributed by atoms with Crippen LogP contribution < -0.4 is 10.2 Å². The highest BCUT2D eigenvalue weighted by molar-refractivity contribution is 5.96. The van der Waals surface area contributed by atoms with Crippen molar-refractivity contribution in [1.29, 1.82) is 5.26 Å². The number of hydrogen-bond donors (Lipinski definition) is 2. The van der Waals surface area contributed by atoms with Gasteiger partial charge in [-0.1, -0.05) is 18.2 Å². The molecule has 1 amide bonds. The Hall–Kier alpha value is -4.57. The van der Waals surface area contributed by atoms with Gasteiger partial charge < -0.3 is 14.4 Å². The first kappa shape index (κ1) is 20.7. The number of fused-ring (bicyclic) bond motifs is 1. The molecule has 1 heterocycles. The Balaban J connectivity index is 1.46. The lowest BCUT2D eigenvalue weighted by atomic mass is 10.1. The van der Waals surface area contributed by atoms with Gasteiger partial charge in [-0.3, -0.25) is 4.79 Å². The van der Waals surface area contributed by atoms with Crippen LogP contribution in [0.3, 0.4) is 0 Å². The molecule has 0 aliphatic rings. The number of hydrogen-bond acceptors (Lipinski definition) is 5. The summed E-state index contributed by atoms with van der Waals surface area (Å²) in [6.45, 7) is 0.724. The van der Waals surface area contributed by atoms with Gasteiger partial charge in [-0.25, -0.2) is 5.43 Å². The third-order valence-corrected chi connectivity index (χ3v) is 5.04. The second-order valence-electron chi connectivity index (χ2n) is 7.16. The summed E-state index contributed by atoms with van der Waals surface area (Å²) in [6.07, 6.45) is 3.59. The minimum atomic E-state index is -0.469. The van der Waals surface area contributed by atoms with Gasteiger partial charge in [0.2, 0.25) is 0 Å². The second-order valence-corrected chi connectivity index (χ2v) is 7.16. The van der Waals surface area contributed by atoms with Crippen molar-refractivity contribution in [3.8, 4) is 17.6 Å². The molecule has 0 saturated carbocycles. The molecule has 158 valence electrons. The number of carbonyl (C=O) groups excluding carboxylic acids is 1. The Bertz CT molecular complexity index is 1370. The number of amides is 1. The molecule has 4 rings (SSSR count). The molecule has 0 radical (unpaired) electrons. The first-order chi connectivity index (χ1) is 15.6. The van der Waals surface area contributed by atoms with Crippen LogP contribution in [0, 0.1) is 11.3 Å². The van der Waals surface area contributed by atoms with E-state index in [9.17, 15) is 9.90 Å². The molecule has 4 aromatic rings. The van der Waals surface area contributed by atoms with E-state index >= 15 is 0 Å². The summed E-state index contributed by atoms with van der Waals surface area (Å²) >= 11 is 0. The van der Waals surface area contributed by atoms with Crippen molar-refractivity contribution in [2.75, 3.05) is 7.11 Å². The summed E-state index contributed by atoms with van der Waals surface area (Å²) in [5, 5.41) is 23.6. The Kier molecular flexibility index (Phi) is 5.86. The summed E-state index contributed by atoms with van der Waals surface area (Å²) in [5.41, 5.74) is 5.77. The largest absolute Gasteiger partial charge is 0.507 e. The van der Waals surface area contributed by atoms with Crippen molar-refractivity contribution in [1.82, 2.24) is 9.99 Å². The van der Waals surface area contributed by atoms with Crippen LogP contribution in [0.5, 0.6) is 11.5 Å². The molecule has 1 aromatic heterocycles. The fourth-order valence-corrected chi connectivity index (χ4v) is 3.40. The molecular formula is C25H20N4O3. The molecule has 7 heteroatoms. The first-order valence-corrected chi connectivity index (χ1v) is 9.86. The smallest absolute Gasteiger partial charge is 0.271 e. The number of nitriles is 1. The molecule has 0 aliphatic carbocycles. The van der Waals surface area contributed by atoms with Gasteiger partial charge in [0, 0.05) is 29.2 Å². The molecule has 7 nitrogen and oxygen atoms in total. The molecule has 0 spiro atoms. The van der Waals surface area contributed by atoms with Crippen LogP contribution in [0.15, 0.2) is 78.0 Å². The van der Waals surface area contributed by atoms with Gasteiger partial charge in [-0.2, -0.15) is 10.4 Å². The lowest BCUT2D eigenvalue weighted by Crippen LogP contribution is -2.17. The quantitative estimate of drug-likeness (QED) is 0.360. The first-order valence-electron chi connectivity index (χ1n) is 9.86. The van der Waals surface area contributed by atoms with Crippen LogP contribution >= 0.6 is 0 Å². The average molecular weight is 424 g/mol. The number of benzene rings is 3. The van der Waals surface area contributed by atoms with Gasteiger partial charge in [0.25, 0.3) is 5.91 Å². The zero-order valence-electron chi connectivity index (χ0n) is 17.3. The highest BCUT2D eigenvalue weighted by atomic mass is 16.5. The number of methoxy groups -OCH3 is 1. The number of phenols is 1. The van der Waals surface area contributed by atoms with E-state index in [-0.39, 0.29) is 16.9 Å².